The number of piperazine rings is 1. The van der Waals surface area contributed by atoms with Crippen molar-refractivity contribution in [2.75, 3.05) is 20.1 Å². The molecule has 0 aliphatic carbocycles. The quantitative estimate of drug-likeness (QED) is 0.942. The Morgan fingerprint density at radius 1 is 1.32 bits per heavy atom. The van der Waals surface area contributed by atoms with E-state index in [4.69, 9.17) is 0 Å². The average Bonchev–Trinajstić information content (AvgIpc) is 2.97. The van der Waals surface area contributed by atoms with Crippen LogP contribution in [0.3, 0.4) is 0 Å². The predicted molar refractivity (Wildman–Crippen MR) is 81.5 cm³/mol. The zero-order valence-electron chi connectivity index (χ0n) is 12.7. The van der Waals surface area contributed by atoms with Crippen LogP contribution in [0.1, 0.15) is 12.5 Å². The van der Waals surface area contributed by atoms with Gasteiger partial charge in [-0.3, -0.25) is 14.8 Å². The van der Waals surface area contributed by atoms with E-state index in [-0.39, 0.29) is 17.8 Å². The number of hydrogen-bond acceptors (Lipinski definition) is 3. The third kappa shape index (κ3) is 2.74. The highest BCUT2D eigenvalue weighted by Gasteiger charge is 2.29. The fourth-order valence-corrected chi connectivity index (χ4v) is 2.79. The molecule has 2 heterocycles. The minimum atomic E-state index is -0.261. The lowest BCUT2D eigenvalue weighted by atomic mass is 10.1. The van der Waals surface area contributed by atoms with Crippen LogP contribution in [0, 0.1) is 5.82 Å². The standard InChI is InChI=1S/C16H19FN4O/c1-11-16(22)20(2)7-8-21(11)10-13-9-18-19-15(13)12-3-5-14(17)6-4-12/h3-6,9,11H,7-8,10H2,1-2H3,(H,18,19)/t11-/m1/s1. The maximum Gasteiger partial charge on any atom is 0.239 e. The van der Waals surface area contributed by atoms with Gasteiger partial charge in [-0.2, -0.15) is 5.10 Å². The van der Waals surface area contributed by atoms with Gasteiger partial charge in [-0.15, -0.1) is 0 Å². The van der Waals surface area contributed by atoms with Crippen molar-refractivity contribution in [1.29, 1.82) is 0 Å². The number of H-pyrrole nitrogens is 1. The topological polar surface area (TPSA) is 52.2 Å². The van der Waals surface area contributed by atoms with Crippen molar-refractivity contribution >= 4 is 5.91 Å². The summed E-state index contributed by atoms with van der Waals surface area (Å²) in [6.07, 6.45) is 1.77. The Labute approximate surface area is 128 Å². The first kappa shape index (κ1) is 14.7. The van der Waals surface area contributed by atoms with E-state index in [0.29, 0.717) is 6.54 Å². The van der Waals surface area contributed by atoms with Crippen LogP contribution in [-0.4, -0.2) is 52.1 Å². The molecule has 6 heteroatoms. The van der Waals surface area contributed by atoms with Gasteiger partial charge in [-0.05, 0) is 31.2 Å². The molecule has 1 atom stereocenters. The van der Waals surface area contributed by atoms with Gasteiger partial charge in [0.1, 0.15) is 5.82 Å². The Hall–Kier alpha value is -2.21. The maximum absolute atomic E-state index is 13.1. The molecule has 22 heavy (non-hydrogen) atoms. The van der Waals surface area contributed by atoms with Crippen molar-refractivity contribution in [2.45, 2.75) is 19.5 Å². The molecular weight excluding hydrogens is 283 g/mol. The van der Waals surface area contributed by atoms with E-state index in [1.807, 2.05) is 14.0 Å². The molecule has 116 valence electrons. The highest BCUT2D eigenvalue weighted by Crippen LogP contribution is 2.24. The van der Waals surface area contributed by atoms with Crippen LogP contribution in [0.4, 0.5) is 4.39 Å². The fourth-order valence-electron chi connectivity index (χ4n) is 2.79. The van der Waals surface area contributed by atoms with E-state index in [1.54, 1.807) is 23.2 Å². The largest absolute Gasteiger partial charge is 0.343 e. The van der Waals surface area contributed by atoms with Crippen molar-refractivity contribution in [3.05, 3.63) is 41.8 Å². The molecule has 0 bridgehead atoms. The number of nitrogens with zero attached hydrogens (tertiary/aromatic N) is 3. The molecule has 1 N–H and O–H groups in total. The Bertz CT molecular complexity index is 667. The van der Waals surface area contributed by atoms with Crippen LogP contribution in [0.2, 0.25) is 0 Å². The van der Waals surface area contributed by atoms with Crippen molar-refractivity contribution < 1.29 is 9.18 Å². The molecule has 0 radical (unpaired) electrons. The Morgan fingerprint density at radius 3 is 2.77 bits per heavy atom. The number of carbonyl (C=O) groups excluding carboxylic acids is 1. The number of nitrogens with one attached hydrogen (secondary N) is 1. The number of likely N-dealkylation sites (N-methyl/N-ethyl adjacent to an activating group) is 1. The van der Waals surface area contributed by atoms with Gasteiger partial charge in [0.2, 0.25) is 5.91 Å². The first-order chi connectivity index (χ1) is 10.6. The Morgan fingerprint density at radius 2 is 2.05 bits per heavy atom. The van der Waals surface area contributed by atoms with Crippen LogP contribution in [0.15, 0.2) is 30.5 Å². The number of rotatable bonds is 3. The molecule has 1 fully saturated rings. The summed E-state index contributed by atoms with van der Waals surface area (Å²) in [7, 11) is 1.83. The van der Waals surface area contributed by atoms with Crippen LogP contribution in [0.25, 0.3) is 11.3 Å². The van der Waals surface area contributed by atoms with Crippen molar-refractivity contribution in [3.8, 4) is 11.3 Å². The number of benzene rings is 1. The summed E-state index contributed by atoms with van der Waals surface area (Å²) < 4.78 is 13.1. The van der Waals surface area contributed by atoms with E-state index in [2.05, 4.69) is 15.1 Å². The van der Waals surface area contributed by atoms with E-state index in [1.165, 1.54) is 12.1 Å². The molecule has 1 aliphatic rings. The molecule has 1 amide bonds. The normalized spacial score (nSPS) is 19.7. The monoisotopic (exact) mass is 302 g/mol. The molecule has 0 saturated carbocycles. The second kappa shape index (κ2) is 5.88. The maximum atomic E-state index is 13.1. The highest BCUT2D eigenvalue weighted by atomic mass is 19.1. The van der Waals surface area contributed by atoms with Gasteiger partial charge in [-0.1, -0.05) is 0 Å². The first-order valence-electron chi connectivity index (χ1n) is 7.33. The van der Waals surface area contributed by atoms with Gasteiger partial charge in [0.05, 0.1) is 17.9 Å². The van der Waals surface area contributed by atoms with Gasteiger partial charge in [0.15, 0.2) is 0 Å². The van der Waals surface area contributed by atoms with Crippen molar-refractivity contribution in [3.63, 3.8) is 0 Å². The lowest BCUT2D eigenvalue weighted by molar-refractivity contribution is -0.139. The third-order valence-corrected chi connectivity index (χ3v) is 4.23. The fraction of sp³-hybridized carbons (Fsp3) is 0.375. The smallest absolute Gasteiger partial charge is 0.239 e. The molecule has 5 nitrogen and oxygen atoms in total. The molecule has 3 rings (SSSR count). The number of halogens is 1. The second-order valence-electron chi connectivity index (χ2n) is 5.68. The third-order valence-electron chi connectivity index (χ3n) is 4.23. The van der Waals surface area contributed by atoms with E-state index >= 15 is 0 Å². The van der Waals surface area contributed by atoms with E-state index in [0.717, 1.165) is 29.9 Å². The number of amides is 1. The first-order valence-corrected chi connectivity index (χ1v) is 7.33. The lowest BCUT2D eigenvalue weighted by Crippen LogP contribution is -2.53. The molecule has 1 aliphatic heterocycles. The van der Waals surface area contributed by atoms with Gasteiger partial charge in [0, 0.05) is 37.8 Å². The van der Waals surface area contributed by atoms with Crippen LogP contribution < -0.4 is 0 Å². The number of aromatic amines is 1. The molecule has 1 aromatic heterocycles. The lowest BCUT2D eigenvalue weighted by Gasteiger charge is -2.37. The highest BCUT2D eigenvalue weighted by molar-refractivity contribution is 5.82. The van der Waals surface area contributed by atoms with Gasteiger partial charge in [0.25, 0.3) is 0 Å². The summed E-state index contributed by atoms with van der Waals surface area (Å²) in [5.41, 5.74) is 2.77. The summed E-state index contributed by atoms with van der Waals surface area (Å²) in [5, 5.41) is 7.08. The van der Waals surface area contributed by atoms with Gasteiger partial charge < -0.3 is 4.90 Å². The van der Waals surface area contributed by atoms with Crippen LogP contribution >= 0.6 is 0 Å². The number of carbonyl (C=O) groups is 1. The van der Waals surface area contributed by atoms with E-state index < -0.39 is 0 Å². The number of hydrogen-bond donors (Lipinski definition) is 1. The molecular formula is C16H19FN4O. The van der Waals surface area contributed by atoms with Crippen LogP contribution in [0.5, 0.6) is 0 Å². The minimum Gasteiger partial charge on any atom is -0.343 e. The zero-order valence-corrected chi connectivity index (χ0v) is 12.7. The second-order valence-corrected chi connectivity index (χ2v) is 5.68. The molecule has 0 unspecified atom stereocenters. The van der Waals surface area contributed by atoms with Crippen molar-refractivity contribution in [2.24, 2.45) is 0 Å². The summed E-state index contributed by atoms with van der Waals surface area (Å²) in [5.74, 6) is -0.124. The predicted octanol–water partition coefficient (Wildman–Crippen LogP) is 1.88. The molecule has 1 saturated heterocycles. The summed E-state index contributed by atoms with van der Waals surface area (Å²) in [6, 6.07) is 6.18. The van der Waals surface area contributed by atoms with Gasteiger partial charge in [-0.25, -0.2) is 4.39 Å². The zero-order chi connectivity index (χ0) is 15.7. The summed E-state index contributed by atoms with van der Waals surface area (Å²) in [6.45, 7) is 4.13. The minimum absolute atomic E-state index is 0.137. The average molecular weight is 302 g/mol. The van der Waals surface area contributed by atoms with E-state index in [9.17, 15) is 9.18 Å². The number of aromatic nitrogens is 2. The molecule has 1 aromatic carbocycles. The SMILES string of the molecule is C[C@@H]1C(=O)N(C)CCN1Cc1cn[nH]c1-c1ccc(F)cc1. The summed E-state index contributed by atoms with van der Waals surface area (Å²) >= 11 is 0. The Balaban J connectivity index is 1.81. The Kier molecular flexibility index (Phi) is 3.94. The van der Waals surface area contributed by atoms with Crippen LogP contribution in [-0.2, 0) is 11.3 Å². The van der Waals surface area contributed by atoms with Gasteiger partial charge >= 0.3 is 0 Å². The molecule has 2 aromatic rings. The summed E-state index contributed by atoms with van der Waals surface area (Å²) in [4.78, 5) is 16.0. The molecule has 0 spiro atoms. The van der Waals surface area contributed by atoms with Crippen molar-refractivity contribution in [1.82, 2.24) is 20.0 Å².